The summed E-state index contributed by atoms with van der Waals surface area (Å²) in [6, 6.07) is 10.0. The van der Waals surface area contributed by atoms with Crippen LogP contribution in [0.25, 0.3) is 16.0 Å². The molecular formula is C14H29HfN3. The molecule has 0 amide bonds. The SMILES string of the molecule is CC[N-]C.CC[N-]C.CC[N-]C.[Hf+4].c1cc[cH-]c1. The minimum Gasteiger partial charge on any atom is -0.665 e. The molecule has 0 radical (unpaired) electrons. The maximum absolute atomic E-state index is 3.74. The standard InChI is InChI=1S/C5H5.3C3H8N.Hf/c1-2-4-5-3-1;3*1-3-4-2;/h1-5H;3*3H2,1-2H3;/q4*-1;+4. The zero-order chi connectivity index (χ0) is 13.8. The summed E-state index contributed by atoms with van der Waals surface area (Å²) in [5.41, 5.74) is 0. The van der Waals surface area contributed by atoms with E-state index in [9.17, 15) is 0 Å². The topological polar surface area (TPSA) is 42.3 Å². The molecule has 4 heteroatoms. The van der Waals surface area contributed by atoms with Gasteiger partial charge >= 0.3 is 25.8 Å². The number of rotatable bonds is 3. The third kappa shape index (κ3) is 56.0. The van der Waals surface area contributed by atoms with Crippen molar-refractivity contribution < 1.29 is 25.8 Å². The molecule has 0 spiro atoms. The van der Waals surface area contributed by atoms with Crippen LogP contribution in [0.5, 0.6) is 0 Å². The van der Waals surface area contributed by atoms with Gasteiger partial charge < -0.3 is 16.0 Å². The Balaban J connectivity index is -0.0000000719. The molecule has 0 aliphatic heterocycles. The minimum atomic E-state index is 0. The fraction of sp³-hybridized carbons (Fsp3) is 0.643. The van der Waals surface area contributed by atoms with Gasteiger partial charge in [0.15, 0.2) is 0 Å². The van der Waals surface area contributed by atoms with Gasteiger partial charge in [0, 0.05) is 0 Å². The first-order valence-electron chi connectivity index (χ1n) is 6.08. The second-order valence-corrected chi connectivity index (χ2v) is 2.86. The second kappa shape index (κ2) is 36.0. The van der Waals surface area contributed by atoms with Gasteiger partial charge in [-0.2, -0.15) is 59.0 Å². The Bertz CT molecular complexity index is 123. The quantitative estimate of drug-likeness (QED) is 0.515. The van der Waals surface area contributed by atoms with Crippen molar-refractivity contribution in [2.24, 2.45) is 0 Å². The average Bonchev–Trinajstić information content (AvgIpc) is 2.98. The summed E-state index contributed by atoms with van der Waals surface area (Å²) < 4.78 is 0. The molecule has 1 rings (SSSR count). The van der Waals surface area contributed by atoms with E-state index >= 15 is 0 Å². The van der Waals surface area contributed by atoms with Crippen LogP contribution < -0.4 is 0 Å². The van der Waals surface area contributed by atoms with Crippen molar-refractivity contribution in [2.45, 2.75) is 20.8 Å². The Morgan fingerprint density at radius 1 is 0.722 bits per heavy atom. The van der Waals surface area contributed by atoms with E-state index in [0.29, 0.717) is 0 Å². The van der Waals surface area contributed by atoms with Crippen molar-refractivity contribution in [1.82, 2.24) is 0 Å². The zero-order valence-corrected chi connectivity index (χ0v) is 16.4. The molecular weight excluding hydrogens is 389 g/mol. The maximum atomic E-state index is 3.74. The van der Waals surface area contributed by atoms with E-state index in [1.807, 2.05) is 51.1 Å². The molecule has 0 aliphatic rings. The van der Waals surface area contributed by atoms with Crippen molar-refractivity contribution in [1.29, 1.82) is 0 Å². The van der Waals surface area contributed by atoms with Crippen LogP contribution in [0, 0.1) is 0 Å². The van der Waals surface area contributed by atoms with E-state index in [0.717, 1.165) is 19.6 Å². The smallest absolute Gasteiger partial charge is 0.665 e. The normalized spacial score (nSPS) is 7.22. The summed E-state index contributed by atoms with van der Waals surface area (Å²) in [5.74, 6) is 0. The summed E-state index contributed by atoms with van der Waals surface area (Å²) in [7, 11) is 5.42. The molecule has 0 N–H and O–H groups in total. The van der Waals surface area contributed by atoms with Crippen LogP contribution in [0.15, 0.2) is 30.3 Å². The Hall–Kier alpha value is 0.100. The Kier molecular flexibility index (Phi) is 53.2. The average molecular weight is 418 g/mol. The van der Waals surface area contributed by atoms with Crippen LogP contribution in [0.1, 0.15) is 20.8 Å². The molecule has 104 valence electrons. The first kappa shape index (κ1) is 26.6. The molecule has 0 atom stereocenters. The van der Waals surface area contributed by atoms with Crippen LogP contribution >= 0.6 is 0 Å². The van der Waals surface area contributed by atoms with E-state index in [1.54, 1.807) is 21.1 Å². The van der Waals surface area contributed by atoms with Crippen LogP contribution in [-0.2, 0) is 25.8 Å². The van der Waals surface area contributed by atoms with Crippen LogP contribution in [0.4, 0.5) is 0 Å². The number of hydrogen-bond donors (Lipinski definition) is 0. The monoisotopic (exact) mass is 419 g/mol. The summed E-state index contributed by atoms with van der Waals surface area (Å²) in [6.07, 6.45) is 0. The molecule has 1 aromatic rings. The van der Waals surface area contributed by atoms with E-state index in [4.69, 9.17) is 0 Å². The maximum Gasteiger partial charge on any atom is 4.00 e. The molecule has 0 aliphatic carbocycles. The van der Waals surface area contributed by atoms with Crippen LogP contribution in [0.2, 0.25) is 0 Å². The molecule has 0 heterocycles. The molecule has 0 unspecified atom stereocenters. The second-order valence-electron chi connectivity index (χ2n) is 2.86. The first-order valence-corrected chi connectivity index (χ1v) is 6.08. The molecule has 1 aromatic carbocycles. The predicted octanol–water partition coefficient (Wildman–Crippen LogP) is 4.43. The fourth-order valence-electron chi connectivity index (χ4n) is 0.321. The van der Waals surface area contributed by atoms with Gasteiger partial charge in [-0.05, 0) is 0 Å². The predicted molar refractivity (Wildman–Crippen MR) is 81.5 cm³/mol. The third-order valence-electron chi connectivity index (χ3n) is 1.50. The van der Waals surface area contributed by atoms with Gasteiger partial charge in [0.25, 0.3) is 0 Å². The van der Waals surface area contributed by atoms with Gasteiger partial charge in [-0.3, -0.25) is 0 Å². The minimum absolute atomic E-state index is 0. The van der Waals surface area contributed by atoms with Gasteiger partial charge in [-0.1, -0.05) is 20.8 Å². The molecule has 0 fully saturated rings. The van der Waals surface area contributed by atoms with Crippen molar-refractivity contribution in [3.8, 4) is 0 Å². The van der Waals surface area contributed by atoms with Crippen molar-refractivity contribution in [3.05, 3.63) is 46.3 Å². The molecule has 0 saturated heterocycles. The van der Waals surface area contributed by atoms with Gasteiger partial charge in [0.1, 0.15) is 0 Å². The fourth-order valence-corrected chi connectivity index (χ4v) is 0.321. The molecule has 0 bridgehead atoms. The van der Waals surface area contributed by atoms with Crippen LogP contribution in [-0.4, -0.2) is 40.8 Å². The Morgan fingerprint density at radius 3 is 1.00 bits per heavy atom. The third-order valence-corrected chi connectivity index (χ3v) is 1.50. The molecule has 0 saturated carbocycles. The number of nitrogens with zero attached hydrogens (tertiary/aromatic N) is 3. The molecule has 3 nitrogen and oxygen atoms in total. The zero-order valence-electron chi connectivity index (χ0n) is 12.8. The van der Waals surface area contributed by atoms with Gasteiger partial charge in [0.05, 0.1) is 0 Å². The Morgan fingerprint density at radius 2 is 0.944 bits per heavy atom. The van der Waals surface area contributed by atoms with E-state index in [2.05, 4.69) is 16.0 Å². The Labute approximate surface area is 133 Å². The molecule has 0 aromatic heterocycles. The summed E-state index contributed by atoms with van der Waals surface area (Å²) >= 11 is 0. The van der Waals surface area contributed by atoms with E-state index in [-0.39, 0.29) is 25.8 Å². The van der Waals surface area contributed by atoms with Gasteiger partial charge in [0.2, 0.25) is 0 Å². The summed E-state index contributed by atoms with van der Waals surface area (Å²) in [6.45, 7) is 8.88. The van der Waals surface area contributed by atoms with Gasteiger partial charge in [-0.15, -0.1) is 0 Å². The summed E-state index contributed by atoms with van der Waals surface area (Å²) in [4.78, 5) is 0. The van der Waals surface area contributed by atoms with Crippen molar-refractivity contribution in [3.63, 3.8) is 0 Å². The summed E-state index contributed by atoms with van der Waals surface area (Å²) in [5, 5.41) is 11.2. The van der Waals surface area contributed by atoms with E-state index < -0.39 is 0 Å². The first-order chi connectivity index (χ1) is 8.24. The molecule has 18 heavy (non-hydrogen) atoms. The van der Waals surface area contributed by atoms with Crippen molar-refractivity contribution >= 4 is 0 Å². The number of hydrogen-bond acceptors (Lipinski definition) is 0. The van der Waals surface area contributed by atoms with Gasteiger partial charge in [-0.25, -0.2) is 12.1 Å². The largest absolute Gasteiger partial charge is 4.00 e. The van der Waals surface area contributed by atoms with E-state index in [1.165, 1.54) is 0 Å². The van der Waals surface area contributed by atoms with Crippen LogP contribution in [0.3, 0.4) is 0 Å². The van der Waals surface area contributed by atoms with Crippen molar-refractivity contribution in [2.75, 3.05) is 40.8 Å².